The second-order valence-electron chi connectivity index (χ2n) is 6.85. The fraction of sp³-hybridized carbons (Fsp3) is 0.368. The Kier molecular flexibility index (Phi) is 4.28. The van der Waals surface area contributed by atoms with Crippen molar-refractivity contribution in [2.75, 3.05) is 13.1 Å². The van der Waals surface area contributed by atoms with Crippen LogP contribution in [0.25, 0.3) is 11.3 Å². The van der Waals surface area contributed by atoms with Gasteiger partial charge in [-0.05, 0) is 38.0 Å². The number of rotatable bonds is 3. The molecule has 1 amide bonds. The molecule has 0 saturated carbocycles. The molecule has 7 heteroatoms. The van der Waals surface area contributed by atoms with E-state index in [0.717, 1.165) is 42.2 Å². The smallest absolute Gasteiger partial charge is 0.271 e. The van der Waals surface area contributed by atoms with Gasteiger partial charge in [0.2, 0.25) is 0 Å². The molecule has 134 valence electrons. The molecule has 4 heterocycles. The highest BCUT2D eigenvalue weighted by atomic mass is 16.2. The van der Waals surface area contributed by atoms with E-state index in [1.807, 2.05) is 37.2 Å². The third-order valence-corrected chi connectivity index (χ3v) is 4.87. The lowest BCUT2D eigenvalue weighted by molar-refractivity contribution is 0.0697. The van der Waals surface area contributed by atoms with Gasteiger partial charge in [-0.15, -0.1) is 0 Å². The van der Waals surface area contributed by atoms with Gasteiger partial charge in [-0.2, -0.15) is 5.10 Å². The Bertz CT molecular complexity index is 913. The van der Waals surface area contributed by atoms with Crippen LogP contribution in [-0.4, -0.2) is 48.6 Å². The molecule has 26 heavy (non-hydrogen) atoms. The minimum atomic E-state index is -0.0109. The first kappa shape index (κ1) is 16.5. The normalized spacial score (nSPS) is 17.5. The third-order valence-electron chi connectivity index (χ3n) is 4.87. The Hall–Kier alpha value is -2.96. The Balaban J connectivity index is 1.51. The van der Waals surface area contributed by atoms with Crippen molar-refractivity contribution in [2.24, 2.45) is 7.05 Å². The molecule has 3 aromatic heterocycles. The first-order chi connectivity index (χ1) is 12.6. The molecule has 1 aliphatic heterocycles. The maximum absolute atomic E-state index is 12.9. The second-order valence-corrected chi connectivity index (χ2v) is 6.85. The Morgan fingerprint density at radius 3 is 3.00 bits per heavy atom. The SMILES string of the molecule is Cc1cn(C)c([C@H]2CCCN(C(=O)c3cc(-c4cccnc4)n[nH]3)C2)n1. The van der Waals surface area contributed by atoms with Crippen molar-refractivity contribution in [2.45, 2.75) is 25.7 Å². The summed E-state index contributed by atoms with van der Waals surface area (Å²) >= 11 is 0. The fourth-order valence-corrected chi connectivity index (χ4v) is 3.65. The summed E-state index contributed by atoms with van der Waals surface area (Å²) in [6.07, 6.45) is 7.52. The molecule has 1 N–H and O–H groups in total. The van der Waals surface area contributed by atoms with Crippen molar-refractivity contribution >= 4 is 5.91 Å². The van der Waals surface area contributed by atoms with Crippen LogP contribution < -0.4 is 0 Å². The molecule has 3 aromatic rings. The Morgan fingerprint density at radius 2 is 2.27 bits per heavy atom. The lowest BCUT2D eigenvalue weighted by Crippen LogP contribution is -2.39. The van der Waals surface area contributed by atoms with Crippen LogP contribution in [0.4, 0.5) is 0 Å². The van der Waals surface area contributed by atoms with Crippen molar-refractivity contribution in [3.05, 3.63) is 54.0 Å². The highest BCUT2D eigenvalue weighted by Gasteiger charge is 2.28. The summed E-state index contributed by atoms with van der Waals surface area (Å²) in [5, 5.41) is 7.15. The molecular formula is C19H22N6O. The van der Waals surface area contributed by atoms with Crippen LogP contribution in [0, 0.1) is 6.92 Å². The number of likely N-dealkylation sites (tertiary alicyclic amines) is 1. The molecule has 1 fully saturated rings. The van der Waals surface area contributed by atoms with E-state index in [1.165, 1.54) is 0 Å². The van der Waals surface area contributed by atoms with E-state index >= 15 is 0 Å². The van der Waals surface area contributed by atoms with Crippen LogP contribution in [0.1, 0.15) is 40.8 Å². The Morgan fingerprint density at radius 1 is 1.38 bits per heavy atom. The summed E-state index contributed by atoms with van der Waals surface area (Å²) < 4.78 is 2.07. The summed E-state index contributed by atoms with van der Waals surface area (Å²) in [6.45, 7) is 3.45. The van der Waals surface area contributed by atoms with Gasteiger partial charge < -0.3 is 9.47 Å². The number of pyridine rings is 1. The van der Waals surface area contributed by atoms with Gasteiger partial charge in [-0.25, -0.2) is 4.98 Å². The van der Waals surface area contributed by atoms with E-state index in [4.69, 9.17) is 0 Å². The third kappa shape index (κ3) is 3.12. The molecule has 1 atom stereocenters. The number of nitrogens with one attached hydrogen (secondary N) is 1. The minimum absolute atomic E-state index is 0.0109. The van der Waals surface area contributed by atoms with Crippen LogP contribution in [0.15, 0.2) is 36.8 Å². The van der Waals surface area contributed by atoms with Gasteiger partial charge in [0.15, 0.2) is 0 Å². The molecule has 0 aromatic carbocycles. The molecule has 0 aliphatic carbocycles. The predicted octanol–water partition coefficient (Wildman–Crippen LogP) is 2.53. The van der Waals surface area contributed by atoms with Crippen LogP contribution in [0.2, 0.25) is 0 Å². The topological polar surface area (TPSA) is 79.7 Å². The van der Waals surface area contributed by atoms with Gasteiger partial charge in [-0.3, -0.25) is 14.9 Å². The molecule has 1 aliphatic rings. The molecule has 0 radical (unpaired) electrons. The van der Waals surface area contributed by atoms with E-state index < -0.39 is 0 Å². The average Bonchev–Trinajstić information content (AvgIpc) is 3.28. The van der Waals surface area contributed by atoms with Crippen molar-refractivity contribution in [1.82, 2.24) is 29.6 Å². The van der Waals surface area contributed by atoms with Gasteiger partial charge in [-0.1, -0.05) is 0 Å². The highest BCUT2D eigenvalue weighted by molar-refractivity contribution is 5.93. The number of imidazole rings is 1. The van der Waals surface area contributed by atoms with Crippen molar-refractivity contribution in [3.63, 3.8) is 0 Å². The minimum Gasteiger partial charge on any atom is -0.337 e. The first-order valence-corrected chi connectivity index (χ1v) is 8.87. The average molecular weight is 350 g/mol. The van der Waals surface area contributed by atoms with Crippen LogP contribution >= 0.6 is 0 Å². The van der Waals surface area contributed by atoms with Gasteiger partial charge in [0.25, 0.3) is 5.91 Å². The second kappa shape index (κ2) is 6.74. The molecular weight excluding hydrogens is 328 g/mol. The number of carbonyl (C=O) groups is 1. The molecule has 0 bridgehead atoms. The van der Waals surface area contributed by atoms with Gasteiger partial charge in [0.05, 0.1) is 11.4 Å². The van der Waals surface area contributed by atoms with Gasteiger partial charge in [0, 0.05) is 50.2 Å². The number of aryl methyl sites for hydroxylation is 2. The first-order valence-electron chi connectivity index (χ1n) is 8.87. The maximum atomic E-state index is 12.9. The molecule has 1 saturated heterocycles. The number of carbonyl (C=O) groups excluding carboxylic acids is 1. The number of H-pyrrole nitrogens is 1. The quantitative estimate of drug-likeness (QED) is 0.787. The monoisotopic (exact) mass is 350 g/mol. The number of amides is 1. The van der Waals surface area contributed by atoms with E-state index in [2.05, 4.69) is 24.7 Å². The van der Waals surface area contributed by atoms with Crippen molar-refractivity contribution < 1.29 is 4.79 Å². The van der Waals surface area contributed by atoms with Gasteiger partial charge in [0.1, 0.15) is 11.5 Å². The fourth-order valence-electron chi connectivity index (χ4n) is 3.65. The lowest BCUT2D eigenvalue weighted by atomic mass is 9.97. The summed E-state index contributed by atoms with van der Waals surface area (Å²) in [4.78, 5) is 23.6. The standard InChI is InChI=1S/C19H22N6O/c1-13-11-24(2)18(21-13)15-6-4-8-25(12-15)19(26)17-9-16(22-23-17)14-5-3-7-20-10-14/h3,5,7,9-11,15H,4,6,8,12H2,1-2H3,(H,22,23)/t15-/m0/s1. The van der Waals surface area contributed by atoms with E-state index in [1.54, 1.807) is 18.5 Å². The number of hydrogen-bond donors (Lipinski definition) is 1. The largest absolute Gasteiger partial charge is 0.337 e. The van der Waals surface area contributed by atoms with Crippen molar-refractivity contribution in [3.8, 4) is 11.3 Å². The summed E-state index contributed by atoms with van der Waals surface area (Å²) in [7, 11) is 2.02. The highest BCUT2D eigenvalue weighted by Crippen LogP contribution is 2.27. The summed E-state index contributed by atoms with van der Waals surface area (Å²) in [5.41, 5.74) is 3.15. The van der Waals surface area contributed by atoms with E-state index in [9.17, 15) is 4.79 Å². The zero-order valence-electron chi connectivity index (χ0n) is 15.0. The number of nitrogens with zero attached hydrogens (tertiary/aromatic N) is 5. The lowest BCUT2D eigenvalue weighted by Gasteiger charge is -2.32. The molecule has 0 spiro atoms. The van der Waals surface area contributed by atoms with Crippen molar-refractivity contribution in [1.29, 1.82) is 0 Å². The maximum Gasteiger partial charge on any atom is 0.271 e. The molecule has 7 nitrogen and oxygen atoms in total. The number of piperidine rings is 1. The molecule has 4 rings (SSSR count). The zero-order chi connectivity index (χ0) is 18.1. The van der Waals surface area contributed by atoms with Crippen LogP contribution in [0.3, 0.4) is 0 Å². The molecule has 0 unspecified atom stereocenters. The van der Waals surface area contributed by atoms with E-state index in [0.29, 0.717) is 12.2 Å². The number of aromatic amines is 1. The zero-order valence-corrected chi connectivity index (χ0v) is 15.0. The number of aromatic nitrogens is 5. The predicted molar refractivity (Wildman–Crippen MR) is 97.6 cm³/mol. The van der Waals surface area contributed by atoms with Gasteiger partial charge >= 0.3 is 0 Å². The number of hydrogen-bond acceptors (Lipinski definition) is 4. The summed E-state index contributed by atoms with van der Waals surface area (Å²) in [5.74, 6) is 1.32. The van der Waals surface area contributed by atoms with E-state index in [-0.39, 0.29) is 11.8 Å². The summed E-state index contributed by atoms with van der Waals surface area (Å²) in [6, 6.07) is 5.58. The van der Waals surface area contributed by atoms with Crippen LogP contribution in [0.5, 0.6) is 0 Å². The Labute approximate surface area is 152 Å². The van der Waals surface area contributed by atoms with Crippen LogP contribution in [-0.2, 0) is 7.05 Å².